The van der Waals surface area contributed by atoms with Crippen LogP contribution in [0.15, 0.2) is 77.7 Å². The van der Waals surface area contributed by atoms with Crippen molar-refractivity contribution in [3.8, 4) is 0 Å². The van der Waals surface area contributed by atoms with Crippen molar-refractivity contribution in [3.63, 3.8) is 0 Å². The summed E-state index contributed by atoms with van der Waals surface area (Å²) in [6, 6.07) is 17.0. The van der Waals surface area contributed by atoms with Gasteiger partial charge in [0, 0.05) is 12.2 Å². The predicted molar refractivity (Wildman–Crippen MR) is 124 cm³/mol. The number of fused-ring (bicyclic) bond motifs is 1. The molecular formula is C25H23FN2O5S. The van der Waals surface area contributed by atoms with Gasteiger partial charge in [0.2, 0.25) is 15.9 Å². The Hall–Kier alpha value is -3.56. The van der Waals surface area contributed by atoms with Gasteiger partial charge in [-0.1, -0.05) is 24.3 Å². The molecule has 9 heteroatoms. The SMILES string of the molecule is CCOC(=O)c1ccc(NC(=O)[C@@H]2Cc3ccccc3CN2S(=O)(=O)c2ccc(F)cc2)cc1. The molecule has 34 heavy (non-hydrogen) atoms. The van der Waals surface area contributed by atoms with Crippen molar-refractivity contribution in [2.45, 2.75) is 30.8 Å². The minimum Gasteiger partial charge on any atom is -0.462 e. The monoisotopic (exact) mass is 482 g/mol. The highest BCUT2D eigenvalue weighted by molar-refractivity contribution is 7.89. The summed E-state index contributed by atoms with van der Waals surface area (Å²) in [5.74, 6) is -1.53. The molecule has 0 saturated heterocycles. The molecule has 1 aliphatic rings. The van der Waals surface area contributed by atoms with Crippen LogP contribution in [0.2, 0.25) is 0 Å². The first-order valence-electron chi connectivity index (χ1n) is 10.7. The number of amides is 1. The summed E-state index contributed by atoms with van der Waals surface area (Å²) < 4.78 is 46.3. The average Bonchev–Trinajstić information content (AvgIpc) is 2.84. The molecular weight excluding hydrogens is 459 g/mol. The third-order valence-electron chi connectivity index (χ3n) is 5.59. The first-order valence-corrected chi connectivity index (χ1v) is 12.2. The highest BCUT2D eigenvalue weighted by Gasteiger charge is 2.39. The lowest BCUT2D eigenvalue weighted by molar-refractivity contribution is -0.120. The lowest BCUT2D eigenvalue weighted by atomic mass is 9.95. The Morgan fingerprint density at radius 3 is 2.29 bits per heavy atom. The molecule has 1 heterocycles. The number of anilines is 1. The smallest absolute Gasteiger partial charge is 0.338 e. The Balaban J connectivity index is 1.62. The first-order chi connectivity index (χ1) is 16.3. The highest BCUT2D eigenvalue weighted by Crippen LogP contribution is 2.30. The first kappa shape index (κ1) is 23.6. The lowest BCUT2D eigenvalue weighted by Gasteiger charge is -2.35. The van der Waals surface area contributed by atoms with Gasteiger partial charge in [0.15, 0.2) is 0 Å². The summed E-state index contributed by atoms with van der Waals surface area (Å²) in [4.78, 5) is 25.0. The van der Waals surface area contributed by atoms with Gasteiger partial charge in [-0.3, -0.25) is 4.79 Å². The molecule has 1 aliphatic heterocycles. The van der Waals surface area contributed by atoms with E-state index in [0.717, 1.165) is 27.6 Å². The third-order valence-corrected chi connectivity index (χ3v) is 7.46. The van der Waals surface area contributed by atoms with Crippen LogP contribution < -0.4 is 5.32 Å². The number of nitrogens with zero attached hydrogens (tertiary/aromatic N) is 1. The van der Waals surface area contributed by atoms with Crippen molar-refractivity contribution in [1.82, 2.24) is 4.31 Å². The van der Waals surface area contributed by atoms with Crippen LogP contribution in [-0.2, 0) is 32.5 Å². The van der Waals surface area contributed by atoms with Gasteiger partial charge in [-0.25, -0.2) is 17.6 Å². The number of esters is 1. The van der Waals surface area contributed by atoms with Crippen LogP contribution in [0, 0.1) is 5.82 Å². The molecule has 176 valence electrons. The molecule has 1 N–H and O–H groups in total. The number of benzene rings is 3. The number of hydrogen-bond donors (Lipinski definition) is 1. The number of nitrogens with one attached hydrogen (secondary N) is 1. The maximum absolute atomic E-state index is 13.4. The summed E-state index contributed by atoms with van der Waals surface area (Å²) in [5.41, 5.74) is 2.44. The number of rotatable bonds is 6. The van der Waals surface area contributed by atoms with Gasteiger partial charge in [0.05, 0.1) is 17.1 Å². The second-order valence-electron chi connectivity index (χ2n) is 7.78. The number of halogens is 1. The van der Waals surface area contributed by atoms with Crippen molar-refractivity contribution >= 4 is 27.6 Å². The number of sulfonamides is 1. The standard InChI is InChI=1S/C25H23FN2O5S/c1-2-33-25(30)17-7-11-21(12-8-17)27-24(29)23-15-18-5-3-4-6-19(18)16-28(23)34(31,32)22-13-9-20(26)10-14-22/h3-14,23H,2,15-16H2,1H3,(H,27,29)/t23-/m0/s1. The Kier molecular flexibility index (Phi) is 6.76. The van der Waals surface area contributed by atoms with Crippen molar-refractivity contribution in [2.24, 2.45) is 0 Å². The Bertz CT molecular complexity index is 1310. The van der Waals surface area contributed by atoms with E-state index in [1.807, 2.05) is 24.3 Å². The summed E-state index contributed by atoms with van der Waals surface area (Å²) in [6.45, 7) is 1.97. The zero-order chi connectivity index (χ0) is 24.3. The van der Waals surface area contributed by atoms with E-state index in [-0.39, 0.29) is 24.5 Å². The van der Waals surface area contributed by atoms with E-state index in [4.69, 9.17) is 4.74 Å². The van der Waals surface area contributed by atoms with E-state index in [1.165, 1.54) is 24.3 Å². The third kappa shape index (κ3) is 4.85. The molecule has 0 bridgehead atoms. The summed E-state index contributed by atoms with van der Waals surface area (Å²) >= 11 is 0. The van der Waals surface area contributed by atoms with Gasteiger partial charge in [0.25, 0.3) is 0 Å². The Morgan fingerprint density at radius 2 is 1.65 bits per heavy atom. The van der Waals surface area contributed by atoms with Gasteiger partial charge in [-0.05, 0) is 73.0 Å². The predicted octanol–water partition coefficient (Wildman–Crippen LogP) is 3.76. The van der Waals surface area contributed by atoms with E-state index in [9.17, 15) is 22.4 Å². The van der Waals surface area contributed by atoms with E-state index in [0.29, 0.717) is 11.3 Å². The normalized spacial score (nSPS) is 15.9. The molecule has 0 aliphatic carbocycles. The molecule has 1 atom stereocenters. The Morgan fingerprint density at radius 1 is 1.00 bits per heavy atom. The quantitative estimate of drug-likeness (QED) is 0.540. The van der Waals surface area contributed by atoms with Gasteiger partial charge >= 0.3 is 5.97 Å². The Labute approximate surface area is 197 Å². The fraction of sp³-hybridized carbons (Fsp3) is 0.200. The lowest BCUT2D eigenvalue weighted by Crippen LogP contribution is -2.50. The number of carbonyl (C=O) groups excluding carboxylic acids is 2. The molecule has 0 radical (unpaired) electrons. The topological polar surface area (TPSA) is 92.8 Å². The zero-order valence-corrected chi connectivity index (χ0v) is 19.2. The molecule has 3 aromatic carbocycles. The maximum atomic E-state index is 13.4. The number of ether oxygens (including phenoxy) is 1. The largest absolute Gasteiger partial charge is 0.462 e. The van der Waals surface area contributed by atoms with E-state index in [2.05, 4.69) is 5.32 Å². The molecule has 3 aromatic rings. The molecule has 0 saturated carbocycles. The second kappa shape index (κ2) is 9.74. The van der Waals surface area contributed by atoms with Gasteiger partial charge < -0.3 is 10.1 Å². The summed E-state index contributed by atoms with van der Waals surface area (Å²) in [7, 11) is -4.09. The van der Waals surface area contributed by atoms with Gasteiger partial charge in [0.1, 0.15) is 11.9 Å². The fourth-order valence-electron chi connectivity index (χ4n) is 3.85. The van der Waals surface area contributed by atoms with Crippen molar-refractivity contribution in [2.75, 3.05) is 11.9 Å². The van der Waals surface area contributed by atoms with Gasteiger partial charge in [-0.2, -0.15) is 4.31 Å². The average molecular weight is 483 g/mol. The van der Waals surface area contributed by atoms with Gasteiger partial charge in [-0.15, -0.1) is 0 Å². The number of hydrogen-bond acceptors (Lipinski definition) is 5. The van der Waals surface area contributed by atoms with E-state index in [1.54, 1.807) is 19.1 Å². The van der Waals surface area contributed by atoms with Crippen LogP contribution in [-0.4, -0.2) is 37.2 Å². The second-order valence-corrected chi connectivity index (χ2v) is 9.67. The minimum atomic E-state index is -4.09. The van der Waals surface area contributed by atoms with Crippen molar-refractivity contribution in [3.05, 3.63) is 95.3 Å². The van der Waals surface area contributed by atoms with Crippen LogP contribution in [0.3, 0.4) is 0 Å². The van der Waals surface area contributed by atoms with Crippen molar-refractivity contribution in [1.29, 1.82) is 0 Å². The highest BCUT2D eigenvalue weighted by atomic mass is 32.2. The molecule has 1 amide bonds. The molecule has 0 fully saturated rings. The summed E-state index contributed by atoms with van der Waals surface area (Å²) in [5, 5.41) is 2.75. The molecule has 4 rings (SSSR count). The molecule has 0 unspecified atom stereocenters. The van der Waals surface area contributed by atoms with Crippen LogP contribution >= 0.6 is 0 Å². The van der Waals surface area contributed by atoms with Crippen LogP contribution in [0.1, 0.15) is 28.4 Å². The molecule has 0 aromatic heterocycles. The van der Waals surface area contributed by atoms with E-state index >= 15 is 0 Å². The van der Waals surface area contributed by atoms with E-state index < -0.39 is 33.8 Å². The number of carbonyl (C=O) groups is 2. The fourth-order valence-corrected chi connectivity index (χ4v) is 5.41. The maximum Gasteiger partial charge on any atom is 0.338 e. The molecule has 0 spiro atoms. The summed E-state index contributed by atoms with van der Waals surface area (Å²) in [6.07, 6.45) is 0.184. The van der Waals surface area contributed by atoms with Crippen LogP contribution in [0.5, 0.6) is 0 Å². The van der Waals surface area contributed by atoms with Crippen LogP contribution in [0.25, 0.3) is 0 Å². The molecule has 7 nitrogen and oxygen atoms in total. The zero-order valence-electron chi connectivity index (χ0n) is 18.4. The van der Waals surface area contributed by atoms with Crippen molar-refractivity contribution < 1.29 is 27.1 Å². The van der Waals surface area contributed by atoms with Crippen LogP contribution in [0.4, 0.5) is 10.1 Å². The minimum absolute atomic E-state index is 0.00969.